The molecule has 0 saturated heterocycles. The van der Waals surface area contributed by atoms with Crippen LogP contribution < -0.4 is 10.5 Å². The quantitative estimate of drug-likeness (QED) is 0.730. The number of hydrogen-bond donors (Lipinski definition) is 1. The Labute approximate surface area is 135 Å². The van der Waals surface area contributed by atoms with Crippen molar-refractivity contribution in [3.8, 4) is 0 Å². The lowest BCUT2D eigenvalue weighted by Gasteiger charge is -2.16. The third kappa shape index (κ3) is 3.12. The number of fused-ring (bicyclic) bond motifs is 1. The minimum absolute atomic E-state index is 0.0621. The summed E-state index contributed by atoms with van der Waals surface area (Å²) >= 11 is 1.44. The van der Waals surface area contributed by atoms with Gasteiger partial charge in [0.05, 0.1) is 9.70 Å². The number of hydrogen-bond acceptors (Lipinski definition) is 5. The van der Waals surface area contributed by atoms with Gasteiger partial charge < -0.3 is 14.4 Å². The predicted molar refractivity (Wildman–Crippen MR) is 90.5 cm³/mol. The van der Waals surface area contributed by atoms with Crippen LogP contribution in [-0.2, 0) is 6.54 Å². The maximum absolute atomic E-state index is 12.9. The van der Waals surface area contributed by atoms with Gasteiger partial charge in [0.25, 0.3) is 0 Å². The zero-order valence-corrected chi connectivity index (χ0v) is 13.2. The summed E-state index contributed by atoms with van der Waals surface area (Å²) in [5.41, 5.74) is 0.880. The molecule has 0 amide bonds. The summed E-state index contributed by atoms with van der Waals surface area (Å²) in [7, 11) is 1.90. The number of aliphatic hydroxyl groups excluding tert-OH is 1. The zero-order valence-electron chi connectivity index (χ0n) is 12.4. The van der Waals surface area contributed by atoms with Crippen LogP contribution in [0.15, 0.2) is 52.2 Å². The summed E-state index contributed by atoms with van der Waals surface area (Å²) < 4.78 is 18.9. The minimum atomic E-state index is -0.615. The summed E-state index contributed by atoms with van der Waals surface area (Å²) in [6.07, 6.45) is 0. The van der Waals surface area contributed by atoms with Gasteiger partial charge in [0.15, 0.2) is 5.58 Å². The van der Waals surface area contributed by atoms with Crippen LogP contribution in [0.2, 0.25) is 0 Å². The molecule has 0 aliphatic carbocycles. The number of anilines is 1. The van der Waals surface area contributed by atoms with E-state index < -0.39 is 5.63 Å². The average Bonchev–Trinajstić information content (AvgIpc) is 2.91. The van der Waals surface area contributed by atoms with Crippen LogP contribution in [0.4, 0.5) is 9.39 Å². The zero-order chi connectivity index (χ0) is 16.6. The van der Waals surface area contributed by atoms with E-state index in [1.807, 2.05) is 11.9 Å². The summed E-state index contributed by atoms with van der Waals surface area (Å²) in [5, 5.41) is 10.3. The molecular formula is C17H14FNO3S. The fourth-order valence-corrected chi connectivity index (χ4v) is 3.22. The van der Waals surface area contributed by atoms with Crippen LogP contribution in [0.25, 0.3) is 16.0 Å². The fourth-order valence-electron chi connectivity index (χ4n) is 2.23. The highest BCUT2D eigenvalue weighted by Gasteiger charge is 2.13. The van der Waals surface area contributed by atoms with Crippen LogP contribution in [0.1, 0.15) is 11.1 Å². The second-order valence-corrected chi connectivity index (χ2v) is 6.25. The van der Waals surface area contributed by atoms with Crippen molar-refractivity contribution < 1.29 is 13.9 Å². The summed E-state index contributed by atoms with van der Waals surface area (Å²) in [5.74, 6) is -0.577. The molecule has 6 heteroatoms. The normalized spacial score (nSPS) is 10.9. The van der Waals surface area contributed by atoms with Gasteiger partial charge >= 0.3 is 5.63 Å². The van der Waals surface area contributed by atoms with Gasteiger partial charge in [-0.3, -0.25) is 0 Å². The van der Waals surface area contributed by atoms with Crippen molar-refractivity contribution >= 4 is 32.4 Å². The Morgan fingerprint density at radius 2 is 2.04 bits per heavy atom. The molecule has 23 heavy (non-hydrogen) atoms. The molecule has 1 N–H and O–H groups in total. The molecule has 4 nitrogen and oxygen atoms in total. The van der Waals surface area contributed by atoms with Crippen molar-refractivity contribution in [2.75, 3.05) is 11.9 Å². The number of thiophene rings is 1. The second kappa shape index (κ2) is 5.89. The van der Waals surface area contributed by atoms with E-state index in [-0.39, 0.29) is 17.1 Å². The molecule has 1 aromatic carbocycles. The molecule has 0 aliphatic rings. The smallest absolute Gasteiger partial charge is 0.347 e. The largest absolute Gasteiger partial charge is 0.508 e. The Kier molecular flexibility index (Phi) is 3.92. The number of halogens is 1. The van der Waals surface area contributed by atoms with E-state index in [9.17, 15) is 14.3 Å². The van der Waals surface area contributed by atoms with Crippen molar-refractivity contribution in [3.63, 3.8) is 0 Å². The molecule has 0 spiro atoms. The van der Waals surface area contributed by atoms with Crippen LogP contribution in [0.3, 0.4) is 0 Å². The molecule has 3 rings (SSSR count). The Balaban J connectivity index is 1.91. The lowest BCUT2D eigenvalue weighted by Crippen LogP contribution is -2.14. The van der Waals surface area contributed by atoms with Gasteiger partial charge in [-0.15, -0.1) is 11.3 Å². The van der Waals surface area contributed by atoms with Crippen molar-refractivity contribution in [2.45, 2.75) is 6.54 Å². The number of aliphatic hydroxyl groups is 1. The first-order chi connectivity index (χ1) is 10.9. The molecule has 118 valence electrons. The Bertz CT molecular complexity index is 927. The molecule has 0 saturated carbocycles. The molecule has 0 radical (unpaired) electrons. The molecule has 0 bridgehead atoms. The van der Waals surface area contributed by atoms with E-state index in [4.69, 9.17) is 4.42 Å². The first-order valence-electron chi connectivity index (χ1n) is 6.85. The fraction of sp³-hybridized carbons (Fsp3) is 0.118. The van der Waals surface area contributed by atoms with E-state index in [0.717, 1.165) is 15.3 Å². The third-order valence-electron chi connectivity index (χ3n) is 3.43. The summed E-state index contributed by atoms with van der Waals surface area (Å²) in [6, 6.07) is 9.65. The maximum atomic E-state index is 12.9. The van der Waals surface area contributed by atoms with Gasteiger partial charge in [-0.1, -0.05) is 18.7 Å². The average molecular weight is 331 g/mol. The molecule has 2 aromatic heterocycles. The molecule has 0 atom stereocenters. The van der Waals surface area contributed by atoms with E-state index in [1.54, 1.807) is 24.3 Å². The molecule has 0 aliphatic heterocycles. The van der Waals surface area contributed by atoms with Gasteiger partial charge in [0.2, 0.25) is 0 Å². The van der Waals surface area contributed by atoms with Crippen molar-refractivity contribution in [2.24, 2.45) is 0 Å². The lowest BCUT2D eigenvalue weighted by molar-refractivity contribution is 0.499. The third-order valence-corrected chi connectivity index (χ3v) is 4.61. The number of benzene rings is 1. The van der Waals surface area contributed by atoms with Crippen LogP contribution in [-0.4, -0.2) is 12.2 Å². The van der Waals surface area contributed by atoms with Gasteiger partial charge in [-0.05, 0) is 23.8 Å². The van der Waals surface area contributed by atoms with Gasteiger partial charge in [0.1, 0.15) is 17.1 Å². The molecule has 2 heterocycles. The second-order valence-electron chi connectivity index (χ2n) is 5.19. The van der Waals surface area contributed by atoms with Gasteiger partial charge in [-0.2, -0.15) is 0 Å². The minimum Gasteiger partial charge on any atom is -0.508 e. The molecule has 0 unspecified atom stereocenters. The Morgan fingerprint density at radius 3 is 2.70 bits per heavy atom. The van der Waals surface area contributed by atoms with Gasteiger partial charge in [0, 0.05) is 19.7 Å². The van der Waals surface area contributed by atoms with Crippen molar-refractivity contribution in [3.05, 3.63) is 70.3 Å². The van der Waals surface area contributed by atoms with Crippen LogP contribution >= 0.6 is 11.3 Å². The molecular weight excluding hydrogens is 317 g/mol. The van der Waals surface area contributed by atoms with Crippen molar-refractivity contribution in [1.82, 2.24) is 0 Å². The maximum Gasteiger partial charge on any atom is 0.347 e. The summed E-state index contributed by atoms with van der Waals surface area (Å²) in [6.45, 7) is 3.95. The highest BCUT2D eigenvalue weighted by molar-refractivity contribution is 7.22. The predicted octanol–water partition coefficient (Wildman–Crippen LogP) is 4.16. The molecule has 0 fully saturated rings. The van der Waals surface area contributed by atoms with E-state index in [0.29, 0.717) is 12.1 Å². The van der Waals surface area contributed by atoms with E-state index in [2.05, 4.69) is 6.58 Å². The first-order valence-corrected chi connectivity index (χ1v) is 7.67. The van der Waals surface area contributed by atoms with E-state index >= 15 is 0 Å². The molecule has 3 aromatic rings. The monoisotopic (exact) mass is 331 g/mol. The van der Waals surface area contributed by atoms with Gasteiger partial charge in [-0.25, -0.2) is 9.18 Å². The standard InChI is InChI=1S/C17H14FNO3S/c1-10(20)13-7-15-14(22-17(13)21)8-16(23-15)19(2)9-11-3-5-12(18)6-4-11/h3-8,20H,1,9H2,2H3. The topological polar surface area (TPSA) is 53.7 Å². The van der Waals surface area contributed by atoms with Crippen LogP contribution in [0, 0.1) is 5.82 Å². The first kappa shape index (κ1) is 15.3. The van der Waals surface area contributed by atoms with Crippen LogP contribution in [0.5, 0.6) is 0 Å². The number of rotatable bonds is 4. The lowest BCUT2D eigenvalue weighted by atomic mass is 10.2. The summed E-state index contributed by atoms with van der Waals surface area (Å²) in [4.78, 5) is 13.7. The van der Waals surface area contributed by atoms with Crippen molar-refractivity contribution in [1.29, 1.82) is 0 Å². The Morgan fingerprint density at radius 1 is 1.35 bits per heavy atom. The highest BCUT2D eigenvalue weighted by atomic mass is 32.1. The highest BCUT2D eigenvalue weighted by Crippen LogP contribution is 2.32. The Hall–Kier alpha value is -2.60. The van der Waals surface area contributed by atoms with E-state index in [1.165, 1.54) is 23.5 Å². The SMILES string of the molecule is C=C(O)c1cc2sc(N(C)Cc3ccc(F)cc3)cc2oc1=O. The number of nitrogens with zero attached hydrogens (tertiary/aromatic N) is 1.